The number of fused-ring (bicyclic) bond motifs is 6. The van der Waals surface area contributed by atoms with Crippen molar-refractivity contribution < 1.29 is 4.42 Å². The van der Waals surface area contributed by atoms with Crippen molar-refractivity contribution in [2.45, 2.75) is 0 Å². The zero-order valence-electron chi connectivity index (χ0n) is 24.4. The summed E-state index contributed by atoms with van der Waals surface area (Å²) in [5.74, 6) is 1.70. The lowest BCUT2D eigenvalue weighted by molar-refractivity contribution is 0.669. The molecule has 0 amide bonds. The number of aromatic nitrogens is 4. The fourth-order valence-electron chi connectivity index (χ4n) is 6.29. The van der Waals surface area contributed by atoms with Crippen LogP contribution in [0.4, 0.5) is 0 Å². The van der Waals surface area contributed by atoms with E-state index in [9.17, 15) is 5.26 Å². The minimum Gasteiger partial charge on any atom is -0.456 e. The highest BCUT2D eigenvalue weighted by molar-refractivity contribution is 6.17. The standard InChI is InChI=1S/C40H23N5O/c41-24-25-17-19-27(20-18-25)39-42-38(26-9-2-1-3-10-26)43-40(44-39)28-11-8-12-29(21-28)45-34-15-6-4-13-30(34)32-23-37-33(22-35(32)45)31-14-5-7-16-36(31)46-37/h1-23H. The second kappa shape index (κ2) is 10.3. The van der Waals surface area contributed by atoms with Gasteiger partial charge in [-0.05, 0) is 60.7 Å². The van der Waals surface area contributed by atoms with Crippen LogP contribution in [0, 0.1) is 11.3 Å². The molecule has 0 aliphatic carbocycles. The van der Waals surface area contributed by atoms with Crippen LogP contribution in [-0.2, 0) is 0 Å². The Morgan fingerprint density at radius 3 is 1.91 bits per heavy atom. The summed E-state index contributed by atoms with van der Waals surface area (Å²) in [6.45, 7) is 0. The Bertz CT molecular complexity index is 2640. The molecule has 0 atom stereocenters. The van der Waals surface area contributed by atoms with E-state index in [0.29, 0.717) is 23.0 Å². The van der Waals surface area contributed by atoms with Crippen molar-refractivity contribution in [3.63, 3.8) is 0 Å². The smallest absolute Gasteiger partial charge is 0.164 e. The van der Waals surface area contributed by atoms with Gasteiger partial charge in [-0.25, -0.2) is 15.0 Å². The van der Waals surface area contributed by atoms with E-state index in [1.165, 1.54) is 0 Å². The molecule has 0 spiro atoms. The Labute approximate surface area is 263 Å². The third-order valence-corrected chi connectivity index (χ3v) is 8.47. The summed E-state index contributed by atoms with van der Waals surface area (Å²) < 4.78 is 8.56. The van der Waals surface area contributed by atoms with E-state index in [-0.39, 0.29) is 0 Å². The van der Waals surface area contributed by atoms with Crippen LogP contribution in [0.5, 0.6) is 0 Å². The molecule has 0 saturated heterocycles. The normalized spacial score (nSPS) is 11.5. The van der Waals surface area contributed by atoms with Crippen molar-refractivity contribution in [1.29, 1.82) is 5.26 Å². The highest BCUT2D eigenvalue weighted by Gasteiger charge is 2.18. The zero-order valence-corrected chi connectivity index (χ0v) is 24.4. The summed E-state index contributed by atoms with van der Waals surface area (Å²) in [5, 5.41) is 13.8. The molecular formula is C40H23N5O. The molecule has 3 heterocycles. The maximum Gasteiger partial charge on any atom is 0.164 e. The van der Waals surface area contributed by atoms with Gasteiger partial charge in [0.25, 0.3) is 0 Å². The van der Waals surface area contributed by atoms with E-state index in [1.54, 1.807) is 12.1 Å². The number of hydrogen-bond acceptors (Lipinski definition) is 5. The summed E-state index contributed by atoms with van der Waals surface area (Å²) in [7, 11) is 0. The number of rotatable bonds is 4. The number of benzene rings is 6. The lowest BCUT2D eigenvalue weighted by atomic mass is 10.1. The Morgan fingerprint density at radius 1 is 0.478 bits per heavy atom. The van der Waals surface area contributed by atoms with Crippen molar-refractivity contribution in [2.24, 2.45) is 0 Å². The van der Waals surface area contributed by atoms with Gasteiger partial charge < -0.3 is 8.98 Å². The second-order valence-corrected chi connectivity index (χ2v) is 11.2. The maximum atomic E-state index is 9.31. The third kappa shape index (κ3) is 4.15. The second-order valence-electron chi connectivity index (χ2n) is 11.2. The molecule has 6 heteroatoms. The van der Waals surface area contributed by atoms with E-state index in [1.807, 2.05) is 72.8 Å². The molecule has 0 unspecified atom stereocenters. The van der Waals surface area contributed by atoms with Crippen LogP contribution in [0.15, 0.2) is 144 Å². The molecule has 9 rings (SSSR count). The number of hydrogen-bond donors (Lipinski definition) is 0. The van der Waals surface area contributed by atoms with Crippen LogP contribution in [0.25, 0.3) is 83.6 Å². The van der Waals surface area contributed by atoms with E-state index < -0.39 is 0 Å². The summed E-state index contributed by atoms with van der Waals surface area (Å²) in [6.07, 6.45) is 0. The zero-order chi connectivity index (χ0) is 30.6. The van der Waals surface area contributed by atoms with E-state index >= 15 is 0 Å². The largest absolute Gasteiger partial charge is 0.456 e. The van der Waals surface area contributed by atoms with Crippen LogP contribution in [0.1, 0.15) is 5.56 Å². The predicted molar refractivity (Wildman–Crippen MR) is 182 cm³/mol. The molecule has 3 aromatic heterocycles. The molecule has 0 bridgehead atoms. The van der Waals surface area contributed by atoms with Gasteiger partial charge >= 0.3 is 0 Å². The Hall–Kier alpha value is -6.58. The van der Waals surface area contributed by atoms with Crippen LogP contribution in [0.3, 0.4) is 0 Å². The molecule has 0 saturated carbocycles. The highest BCUT2D eigenvalue weighted by atomic mass is 16.3. The van der Waals surface area contributed by atoms with Crippen LogP contribution in [0.2, 0.25) is 0 Å². The average Bonchev–Trinajstić information content (AvgIpc) is 3.65. The first-order chi connectivity index (χ1) is 22.7. The first-order valence-corrected chi connectivity index (χ1v) is 15.0. The summed E-state index contributed by atoms with van der Waals surface area (Å²) in [4.78, 5) is 14.7. The minimum absolute atomic E-state index is 0.546. The number of nitriles is 1. The van der Waals surface area contributed by atoms with Crippen molar-refractivity contribution >= 4 is 43.7 Å². The Morgan fingerprint density at radius 2 is 1.13 bits per heavy atom. The third-order valence-electron chi connectivity index (χ3n) is 8.47. The topological polar surface area (TPSA) is 80.5 Å². The molecule has 9 aromatic rings. The van der Waals surface area contributed by atoms with Gasteiger partial charge in [0.1, 0.15) is 11.2 Å². The fourth-order valence-corrected chi connectivity index (χ4v) is 6.29. The molecule has 214 valence electrons. The summed E-state index contributed by atoms with van der Waals surface area (Å²) in [6, 6.07) is 48.8. The Kier molecular flexibility index (Phi) is 5.77. The van der Waals surface area contributed by atoms with E-state index in [4.69, 9.17) is 19.4 Å². The van der Waals surface area contributed by atoms with Crippen molar-refractivity contribution in [1.82, 2.24) is 19.5 Å². The van der Waals surface area contributed by atoms with E-state index in [2.05, 4.69) is 65.2 Å². The molecule has 6 nitrogen and oxygen atoms in total. The molecule has 46 heavy (non-hydrogen) atoms. The fraction of sp³-hybridized carbons (Fsp3) is 0. The molecule has 0 radical (unpaired) electrons. The lowest BCUT2D eigenvalue weighted by Crippen LogP contribution is -2.01. The molecule has 0 aliphatic rings. The van der Waals surface area contributed by atoms with Crippen LogP contribution >= 0.6 is 0 Å². The maximum absolute atomic E-state index is 9.31. The first-order valence-electron chi connectivity index (χ1n) is 15.0. The molecule has 0 fully saturated rings. The number of para-hydroxylation sites is 2. The van der Waals surface area contributed by atoms with Crippen molar-refractivity contribution in [3.05, 3.63) is 145 Å². The predicted octanol–water partition coefficient (Wildman–Crippen LogP) is 9.74. The van der Waals surface area contributed by atoms with Crippen molar-refractivity contribution in [3.8, 4) is 45.9 Å². The van der Waals surface area contributed by atoms with Gasteiger partial charge in [-0.3, -0.25) is 0 Å². The minimum atomic E-state index is 0.546. The number of nitrogens with zero attached hydrogens (tertiary/aromatic N) is 5. The van der Waals surface area contributed by atoms with Gasteiger partial charge in [-0.15, -0.1) is 0 Å². The van der Waals surface area contributed by atoms with Gasteiger partial charge in [-0.2, -0.15) is 5.26 Å². The molecule has 6 aromatic carbocycles. The SMILES string of the molecule is N#Cc1ccc(-c2nc(-c3ccccc3)nc(-c3cccc(-n4c5ccccc5c5cc6oc7ccccc7c6cc54)c3)n2)cc1. The van der Waals surface area contributed by atoms with Gasteiger partial charge in [0.05, 0.1) is 22.7 Å². The average molecular weight is 590 g/mol. The van der Waals surface area contributed by atoms with Crippen LogP contribution in [-0.4, -0.2) is 19.5 Å². The van der Waals surface area contributed by atoms with Gasteiger partial charge in [0.15, 0.2) is 17.5 Å². The number of furan rings is 1. The van der Waals surface area contributed by atoms with Crippen LogP contribution < -0.4 is 0 Å². The quantitative estimate of drug-likeness (QED) is 0.204. The van der Waals surface area contributed by atoms with Crippen molar-refractivity contribution in [2.75, 3.05) is 0 Å². The lowest BCUT2D eigenvalue weighted by Gasteiger charge is -2.11. The van der Waals surface area contributed by atoms with Gasteiger partial charge in [-0.1, -0.05) is 78.9 Å². The monoisotopic (exact) mass is 589 g/mol. The van der Waals surface area contributed by atoms with E-state index in [0.717, 1.165) is 66.1 Å². The molecule has 0 N–H and O–H groups in total. The first kappa shape index (κ1) is 25.9. The Balaban J connectivity index is 1.26. The van der Waals surface area contributed by atoms with Gasteiger partial charge in [0.2, 0.25) is 0 Å². The summed E-state index contributed by atoms with van der Waals surface area (Å²) >= 11 is 0. The molecular weight excluding hydrogens is 566 g/mol. The van der Waals surface area contributed by atoms with Gasteiger partial charge in [0, 0.05) is 43.9 Å². The summed E-state index contributed by atoms with van der Waals surface area (Å²) in [5.41, 5.74) is 8.11. The molecule has 0 aliphatic heterocycles. The highest BCUT2D eigenvalue weighted by Crippen LogP contribution is 2.38.